The standard InChI is InChI=1S/C18H25NO2/c1-4-5-6-7-8-9-10-19-15-12-13(2)11-14(3)16(15)17(20)18(19)21/h11-12H,4-10H2,1-3H3. The molecule has 1 aliphatic heterocycles. The average molecular weight is 287 g/mol. The molecule has 0 spiro atoms. The quantitative estimate of drug-likeness (QED) is 0.557. The molecule has 2 rings (SSSR count). The maximum Gasteiger partial charge on any atom is 0.299 e. The highest BCUT2D eigenvalue weighted by Crippen LogP contribution is 2.32. The predicted octanol–water partition coefficient (Wildman–Crippen LogP) is 4.19. The Morgan fingerprint density at radius 3 is 2.33 bits per heavy atom. The number of fused-ring (bicyclic) bond motifs is 1. The summed E-state index contributed by atoms with van der Waals surface area (Å²) in [4.78, 5) is 26.0. The van der Waals surface area contributed by atoms with Gasteiger partial charge in [0.1, 0.15) is 0 Å². The van der Waals surface area contributed by atoms with Crippen molar-refractivity contribution in [2.45, 2.75) is 59.3 Å². The van der Waals surface area contributed by atoms with Crippen molar-refractivity contribution >= 4 is 17.4 Å². The van der Waals surface area contributed by atoms with Gasteiger partial charge in [0.05, 0.1) is 11.3 Å². The average Bonchev–Trinajstić information content (AvgIpc) is 2.67. The molecule has 3 nitrogen and oxygen atoms in total. The van der Waals surface area contributed by atoms with Gasteiger partial charge in [-0.2, -0.15) is 0 Å². The Morgan fingerprint density at radius 1 is 0.952 bits per heavy atom. The maximum atomic E-state index is 12.2. The molecule has 0 saturated heterocycles. The third kappa shape index (κ3) is 3.34. The molecule has 1 aliphatic rings. The number of unbranched alkanes of at least 4 members (excludes halogenated alkanes) is 5. The van der Waals surface area contributed by atoms with Crippen LogP contribution in [-0.2, 0) is 4.79 Å². The van der Waals surface area contributed by atoms with Crippen LogP contribution in [0.1, 0.15) is 66.9 Å². The second-order valence-corrected chi connectivity index (χ2v) is 6.03. The molecule has 1 aromatic carbocycles. The number of Topliss-reactive ketones (excluding diaryl/α,β-unsaturated/α-hetero) is 1. The van der Waals surface area contributed by atoms with Gasteiger partial charge < -0.3 is 4.90 Å². The van der Waals surface area contributed by atoms with Crippen LogP contribution in [-0.4, -0.2) is 18.2 Å². The first-order valence-corrected chi connectivity index (χ1v) is 8.03. The summed E-state index contributed by atoms with van der Waals surface area (Å²) in [7, 11) is 0. The number of amides is 1. The Labute approximate surface area is 127 Å². The molecule has 114 valence electrons. The number of rotatable bonds is 7. The van der Waals surface area contributed by atoms with Crippen molar-refractivity contribution in [1.82, 2.24) is 0 Å². The molecule has 0 aromatic heterocycles. The fourth-order valence-corrected chi connectivity index (χ4v) is 3.06. The molecule has 0 unspecified atom stereocenters. The van der Waals surface area contributed by atoms with Crippen LogP contribution < -0.4 is 4.90 Å². The lowest BCUT2D eigenvalue weighted by Gasteiger charge is -2.17. The third-order valence-electron chi connectivity index (χ3n) is 4.15. The second kappa shape index (κ2) is 6.88. The van der Waals surface area contributed by atoms with Gasteiger partial charge >= 0.3 is 0 Å². The summed E-state index contributed by atoms with van der Waals surface area (Å²) < 4.78 is 0. The molecule has 3 heteroatoms. The highest BCUT2D eigenvalue weighted by molar-refractivity contribution is 6.52. The van der Waals surface area contributed by atoms with Crippen molar-refractivity contribution in [2.24, 2.45) is 0 Å². The zero-order valence-corrected chi connectivity index (χ0v) is 13.4. The van der Waals surface area contributed by atoms with E-state index in [1.54, 1.807) is 4.90 Å². The largest absolute Gasteiger partial charge is 0.305 e. The molecule has 0 aliphatic carbocycles. The smallest absolute Gasteiger partial charge is 0.299 e. The van der Waals surface area contributed by atoms with E-state index in [0.717, 1.165) is 29.7 Å². The summed E-state index contributed by atoms with van der Waals surface area (Å²) in [6, 6.07) is 3.93. The van der Waals surface area contributed by atoms with Gasteiger partial charge in [0.15, 0.2) is 0 Å². The van der Waals surface area contributed by atoms with Crippen molar-refractivity contribution in [3.63, 3.8) is 0 Å². The lowest BCUT2D eigenvalue weighted by atomic mass is 10.0. The number of benzene rings is 1. The molecule has 0 fully saturated rings. The molecule has 1 amide bonds. The first kappa shape index (κ1) is 15.7. The minimum absolute atomic E-state index is 0.339. The summed E-state index contributed by atoms with van der Waals surface area (Å²) in [5.74, 6) is -0.694. The number of nitrogens with zero attached hydrogens (tertiary/aromatic N) is 1. The van der Waals surface area contributed by atoms with Crippen LogP contribution in [0.25, 0.3) is 0 Å². The van der Waals surface area contributed by atoms with Gasteiger partial charge in [0, 0.05) is 6.54 Å². The Morgan fingerprint density at radius 2 is 1.62 bits per heavy atom. The van der Waals surface area contributed by atoms with Gasteiger partial charge in [-0.25, -0.2) is 0 Å². The summed E-state index contributed by atoms with van der Waals surface area (Å²) in [5, 5.41) is 0. The lowest BCUT2D eigenvalue weighted by molar-refractivity contribution is -0.114. The summed E-state index contributed by atoms with van der Waals surface area (Å²) in [6.07, 6.45) is 7.09. The molecule has 21 heavy (non-hydrogen) atoms. The molecular formula is C18H25NO2. The highest BCUT2D eigenvalue weighted by atomic mass is 16.2. The van der Waals surface area contributed by atoms with Gasteiger partial charge in [0.25, 0.3) is 11.7 Å². The molecule has 1 heterocycles. The van der Waals surface area contributed by atoms with E-state index in [1.165, 1.54) is 25.7 Å². The number of aryl methyl sites for hydroxylation is 2. The fourth-order valence-electron chi connectivity index (χ4n) is 3.06. The van der Waals surface area contributed by atoms with E-state index in [2.05, 4.69) is 6.92 Å². The SMILES string of the molecule is CCCCCCCCN1C(=O)C(=O)c2c(C)cc(C)cc21. The van der Waals surface area contributed by atoms with E-state index in [9.17, 15) is 9.59 Å². The summed E-state index contributed by atoms with van der Waals surface area (Å²) >= 11 is 0. The number of hydrogen-bond acceptors (Lipinski definition) is 2. The number of carbonyl (C=O) groups is 2. The number of anilines is 1. The molecule has 0 radical (unpaired) electrons. The van der Waals surface area contributed by atoms with Gasteiger partial charge in [-0.15, -0.1) is 0 Å². The van der Waals surface area contributed by atoms with E-state index in [-0.39, 0.29) is 11.7 Å². The van der Waals surface area contributed by atoms with Crippen LogP contribution >= 0.6 is 0 Å². The molecule has 1 aromatic rings. The molecule has 0 saturated carbocycles. The first-order chi connectivity index (χ1) is 10.1. The molecule has 0 N–H and O–H groups in total. The second-order valence-electron chi connectivity index (χ2n) is 6.03. The first-order valence-electron chi connectivity index (χ1n) is 8.03. The van der Waals surface area contributed by atoms with Gasteiger partial charge in [-0.05, 0) is 37.5 Å². The van der Waals surface area contributed by atoms with E-state index in [0.29, 0.717) is 12.1 Å². The number of hydrogen-bond donors (Lipinski definition) is 0. The Balaban J connectivity index is 2.02. The van der Waals surface area contributed by atoms with Crippen molar-refractivity contribution < 1.29 is 9.59 Å². The van der Waals surface area contributed by atoms with Crippen molar-refractivity contribution in [3.8, 4) is 0 Å². The van der Waals surface area contributed by atoms with Gasteiger partial charge in [-0.3, -0.25) is 9.59 Å². The van der Waals surface area contributed by atoms with E-state index < -0.39 is 0 Å². The fraction of sp³-hybridized carbons (Fsp3) is 0.556. The predicted molar refractivity (Wildman–Crippen MR) is 86.0 cm³/mol. The molecule has 0 atom stereocenters. The third-order valence-corrected chi connectivity index (χ3v) is 4.15. The Hall–Kier alpha value is -1.64. The molecular weight excluding hydrogens is 262 g/mol. The van der Waals surface area contributed by atoms with E-state index in [4.69, 9.17) is 0 Å². The van der Waals surface area contributed by atoms with Crippen LogP contribution in [0.4, 0.5) is 5.69 Å². The lowest BCUT2D eigenvalue weighted by Crippen LogP contribution is -2.30. The van der Waals surface area contributed by atoms with Crippen molar-refractivity contribution in [3.05, 3.63) is 28.8 Å². The minimum atomic E-state index is -0.354. The zero-order valence-electron chi connectivity index (χ0n) is 13.4. The number of carbonyl (C=O) groups excluding carboxylic acids is 2. The Bertz CT molecular complexity index is 548. The normalized spacial score (nSPS) is 14.0. The van der Waals surface area contributed by atoms with Crippen LogP contribution in [0.5, 0.6) is 0 Å². The van der Waals surface area contributed by atoms with Crippen LogP contribution in [0.3, 0.4) is 0 Å². The highest BCUT2D eigenvalue weighted by Gasteiger charge is 2.36. The molecule has 0 bridgehead atoms. The van der Waals surface area contributed by atoms with E-state index >= 15 is 0 Å². The van der Waals surface area contributed by atoms with Crippen LogP contribution in [0, 0.1) is 13.8 Å². The van der Waals surface area contributed by atoms with Crippen LogP contribution in [0.2, 0.25) is 0 Å². The zero-order chi connectivity index (χ0) is 15.4. The topological polar surface area (TPSA) is 37.4 Å². The van der Waals surface area contributed by atoms with Gasteiger partial charge in [-0.1, -0.05) is 45.1 Å². The minimum Gasteiger partial charge on any atom is -0.305 e. The van der Waals surface area contributed by atoms with E-state index in [1.807, 2.05) is 26.0 Å². The van der Waals surface area contributed by atoms with Crippen molar-refractivity contribution in [2.75, 3.05) is 11.4 Å². The number of ketones is 1. The van der Waals surface area contributed by atoms with Gasteiger partial charge in [0.2, 0.25) is 0 Å². The maximum absolute atomic E-state index is 12.2. The Kier molecular flexibility index (Phi) is 5.16. The summed E-state index contributed by atoms with van der Waals surface area (Å²) in [5.41, 5.74) is 3.43. The van der Waals surface area contributed by atoms with Crippen molar-refractivity contribution in [1.29, 1.82) is 0 Å². The monoisotopic (exact) mass is 287 g/mol. The van der Waals surface area contributed by atoms with Crippen LogP contribution in [0.15, 0.2) is 12.1 Å². The summed E-state index contributed by atoms with van der Waals surface area (Å²) in [6.45, 7) is 6.78.